The lowest BCUT2D eigenvalue weighted by molar-refractivity contribution is -0.134. The molecule has 0 aliphatic carbocycles. The minimum atomic E-state index is -4.30. The Hall–Kier alpha value is 0.180. The molecule has 0 radical (unpaired) electrons. The van der Waals surface area contributed by atoms with E-state index < -0.39 is 34.8 Å². The molecule has 0 rings (SSSR count). The summed E-state index contributed by atoms with van der Waals surface area (Å²) < 4.78 is 60.7. The zero-order valence-corrected chi connectivity index (χ0v) is 12.1. The number of sulfonamides is 1. The van der Waals surface area contributed by atoms with Crippen LogP contribution >= 0.6 is 15.9 Å². The van der Waals surface area contributed by atoms with Gasteiger partial charge in [0.05, 0.1) is 5.75 Å². The van der Waals surface area contributed by atoms with Gasteiger partial charge >= 0.3 is 6.18 Å². The molecule has 104 valence electrons. The van der Waals surface area contributed by atoms with Gasteiger partial charge in [-0.1, -0.05) is 22.9 Å². The normalized spacial score (nSPS) is 16.8. The van der Waals surface area contributed by atoms with E-state index in [0.717, 1.165) is 0 Å². The fourth-order valence-electron chi connectivity index (χ4n) is 1.36. The van der Waals surface area contributed by atoms with E-state index in [4.69, 9.17) is 0 Å². The second-order valence-corrected chi connectivity index (χ2v) is 7.51. The summed E-state index contributed by atoms with van der Waals surface area (Å²) in [6, 6.07) is -0.291. The number of nitrogens with one attached hydrogen (secondary N) is 1. The van der Waals surface area contributed by atoms with Crippen LogP contribution in [0.4, 0.5) is 13.2 Å². The summed E-state index contributed by atoms with van der Waals surface area (Å²) in [6.07, 6.45) is -5.20. The monoisotopic (exact) mass is 339 g/mol. The maximum Gasteiger partial charge on any atom is 0.389 e. The van der Waals surface area contributed by atoms with Crippen molar-refractivity contribution < 1.29 is 21.6 Å². The molecule has 0 bridgehead atoms. The molecule has 0 spiro atoms. The van der Waals surface area contributed by atoms with Crippen molar-refractivity contribution in [3.05, 3.63) is 0 Å². The summed E-state index contributed by atoms with van der Waals surface area (Å²) in [4.78, 5) is 0.148. The number of rotatable bonds is 7. The first-order valence-electron chi connectivity index (χ1n) is 5.22. The molecule has 0 saturated heterocycles. The van der Waals surface area contributed by atoms with Crippen LogP contribution in [-0.4, -0.2) is 31.2 Å². The van der Waals surface area contributed by atoms with Gasteiger partial charge in [-0.25, -0.2) is 13.1 Å². The van der Waals surface area contributed by atoms with Crippen LogP contribution in [0.15, 0.2) is 0 Å². The van der Waals surface area contributed by atoms with E-state index in [-0.39, 0.29) is 10.9 Å². The molecule has 2 atom stereocenters. The molecule has 17 heavy (non-hydrogen) atoms. The van der Waals surface area contributed by atoms with Crippen LogP contribution in [0.25, 0.3) is 0 Å². The van der Waals surface area contributed by atoms with Crippen LogP contribution in [0.5, 0.6) is 0 Å². The minimum Gasteiger partial charge on any atom is -0.212 e. The van der Waals surface area contributed by atoms with E-state index in [1.54, 1.807) is 6.92 Å². The molecule has 0 aromatic rings. The molecule has 1 N–H and O–H groups in total. The molecule has 0 aliphatic rings. The molecule has 3 nitrogen and oxygen atoms in total. The lowest BCUT2D eigenvalue weighted by Crippen LogP contribution is -2.35. The third kappa shape index (κ3) is 11.0. The molecule has 0 amide bonds. The van der Waals surface area contributed by atoms with Crippen LogP contribution in [0.1, 0.15) is 33.1 Å². The Kier molecular flexibility index (Phi) is 7.01. The predicted octanol–water partition coefficient (Wildman–Crippen LogP) is 2.81. The molecular formula is C9H17BrF3NO2S. The highest BCUT2D eigenvalue weighted by atomic mass is 79.9. The molecule has 0 aliphatic heterocycles. The quantitative estimate of drug-likeness (QED) is 0.725. The van der Waals surface area contributed by atoms with Crippen molar-refractivity contribution >= 4 is 26.0 Å². The first-order chi connectivity index (χ1) is 7.52. The second-order valence-electron chi connectivity index (χ2n) is 4.07. The zero-order valence-electron chi connectivity index (χ0n) is 9.72. The zero-order chi connectivity index (χ0) is 13.7. The Bertz CT molecular complexity index is 317. The molecule has 0 aromatic carbocycles. The molecule has 0 aromatic heterocycles. The van der Waals surface area contributed by atoms with Gasteiger partial charge in [0.1, 0.15) is 0 Å². The van der Waals surface area contributed by atoms with Crippen LogP contribution in [0.3, 0.4) is 0 Å². The summed E-state index contributed by atoms with van der Waals surface area (Å²) >= 11 is 3.28. The SMILES string of the molecule is CC(Br)CC(C)NS(=O)(=O)CCCC(F)(F)F. The van der Waals surface area contributed by atoms with E-state index in [9.17, 15) is 21.6 Å². The van der Waals surface area contributed by atoms with E-state index in [2.05, 4.69) is 20.7 Å². The Morgan fingerprint density at radius 1 is 1.29 bits per heavy atom. The number of halogens is 4. The summed E-state index contributed by atoms with van der Waals surface area (Å²) in [5, 5.41) is 0. The molecular weight excluding hydrogens is 323 g/mol. The van der Waals surface area contributed by atoms with Gasteiger partial charge in [0.15, 0.2) is 0 Å². The van der Waals surface area contributed by atoms with Crippen LogP contribution in [-0.2, 0) is 10.0 Å². The molecule has 0 heterocycles. The average Bonchev–Trinajstić information content (AvgIpc) is 1.96. The highest BCUT2D eigenvalue weighted by Gasteiger charge is 2.27. The first-order valence-corrected chi connectivity index (χ1v) is 7.79. The predicted molar refractivity (Wildman–Crippen MR) is 64.7 cm³/mol. The van der Waals surface area contributed by atoms with Crippen LogP contribution < -0.4 is 4.72 Å². The first kappa shape index (κ1) is 17.2. The van der Waals surface area contributed by atoms with Crippen molar-refractivity contribution in [2.45, 2.75) is 50.2 Å². The third-order valence-corrected chi connectivity index (χ3v) is 3.89. The highest BCUT2D eigenvalue weighted by molar-refractivity contribution is 9.09. The van der Waals surface area contributed by atoms with Gasteiger partial charge in [0, 0.05) is 17.3 Å². The maximum absolute atomic E-state index is 11.8. The maximum atomic E-state index is 11.8. The van der Waals surface area contributed by atoms with Crippen molar-refractivity contribution in [3.8, 4) is 0 Å². The Morgan fingerprint density at radius 3 is 2.24 bits per heavy atom. The standard InChI is InChI=1S/C9H17BrF3NO2S/c1-7(10)6-8(2)14-17(15,16)5-3-4-9(11,12)13/h7-8,14H,3-6H2,1-2H3. The van der Waals surface area contributed by atoms with E-state index >= 15 is 0 Å². The van der Waals surface area contributed by atoms with Crippen molar-refractivity contribution in [1.82, 2.24) is 4.72 Å². The van der Waals surface area contributed by atoms with E-state index in [0.29, 0.717) is 6.42 Å². The van der Waals surface area contributed by atoms with Gasteiger partial charge in [-0.3, -0.25) is 0 Å². The lowest BCUT2D eigenvalue weighted by atomic mass is 10.2. The number of alkyl halides is 4. The topological polar surface area (TPSA) is 46.2 Å². The van der Waals surface area contributed by atoms with E-state index in [1.807, 2.05) is 6.92 Å². The molecule has 2 unspecified atom stereocenters. The van der Waals surface area contributed by atoms with Crippen molar-refractivity contribution in [2.75, 3.05) is 5.75 Å². The number of hydrogen-bond donors (Lipinski definition) is 1. The van der Waals surface area contributed by atoms with Gasteiger partial charge in [0.25, 0.3) is 0 Å². The van der Waals surface area contributed by atoms with Crippen molar-refractivity contribution in [2.24, 2.45) is 0 Å². The van der Waals surface area contributed by atoms with Gasteiger partial charge in [-0.05, 0) is 19.8 Å². The Morgan fingerprint density at radius 2 is 1.82 bits per heavy atom. The van der Waals surface area contributed by atoms with Gasteiger partial charge in [-0.2, -0.15) is 13.2 Å². The van der Waals surface area contributed by atoms with Crippen molar-refractivity contribution in [3.63, 3.8) is 0 Å². The van der Waals surface area contributed by atoms with Crippen molar-refractivity contribution in [1.29, 1.82) is 0 Å². The number of hydrogen-bond acceptors (Lipinski definition) is 2. The molecule has 8 heteroatoms. The van der Waals surface area contributed by atoms with Gasteiger partial charge in [-0.15, -0.1) is 0 Å². The summed E-state index contributed by atoms with van der Waals surface area (Å²) in [7, 11) is -3.62. The Labute approximate surface area is 108 Å². The lowest BCUT2D eigenvalue weighted by Gasteiger charge is -2.15. The minimum absolute atomic E-state index is 0.148. The highest BCUT2D eigenvalue weighted by Crippen LogP contribution is 2.21. The Balaban J connectivity index is 4.04. The van der Waals surface area contributed by atoms with E-state index in [1.165, 1.54) is 0 Å². The average molecular weight is 340 g/mol. The summed E-state index contributed by atoms with van der Waals surface area (Å²) in [5.41, 5.74) is 0. The molecule has 0 fully saturated rings. The second kappa shape index (κ2) is 6.94. The fraction of sp³-hybridized carbons (Fsp3) is 1.00. The third-order valence-electron chi connectivity index (χ3n) is 1.93. The summed E-state index contributed by atoms with van der Waals surface area (Å²) in [6.45, 7) is 3.55. The summed E-state index contributed by atoms with van der Waals surface area (Å²) in [5.74, 6) is -0.493. The largest absolute Gasteiger partial charge is 0.389 e. The fourth-order valence-corrected chi connectivity index (χ4v) is 3.28. The van der Waals surface area contributed by atoms with Gasteiger partial charge in [0.2, 0.25) is 10.0 Å². The molecule has 0 saturated carbocycles. The smallest absolute Gasteiger partial charge is 0.212 e. The van der Waals surface area contributed by atoms with Crippen LogP contribution in [0, 0.1) is 0 Å². The van der Waals surface area contributed by atoms with Gasteiger partial charge < -0.3 is 0 Å². The van der Waals surface area contributed by atoms with Crippen LogP contribution in [0.2, 0.25) is 0 Å².